The summed E-state index contributed by atoms with van der Waals surface area (Å²) in [6.45, 7) is 4.55. The van der Waals surface area contributed by atoms with E-state index in [4.69, 9.17) is 17.2 Å². The molecule has 0 radical (unpaired) electrons. The predicted molar refractivity (Wildman–Crippen MR) is 130 cm³/mol. The topological polar surface area (TPSA) is 33.1 Å². The second-order valence-corrected chi connectivity index (χ2v) is 9.21. The summed E-state index contributed by atoms with van der Waals surface area (Å²) >= 11 is 5.86. The zero-order chi connectivity index (χ0) is 21.4. The van der Waals surface area contributed by atoms with E-state index in [0.29, 0.717) is 6.04 Å². The van der Waals surface area contributed by atoms with E-state index >= 15 is 0 Å². The molecule has 4 nitrogen and oxygen atoms in total. The lowest BCUT2D eigenvalue weighted by Crippen LogP contribution is -2.29. The van der Waals surface area contributed by atoms with Crippen LogP contribution in [0.15, 0.2) is 60.8 Å². The first-order valence-corrected chi connectivity index (χ1v) is 11.8. The number of anilines is 1. The van der Waals surface area contributed by atoms with E-state index in [1.165, 1.54) is 49.1 Å². The van der Waals surface area contributed by atoms with Crippen molar-refractivity contribution >= 4 is 23.0 Å². The lowest BCUT2D eigenvalue weighted by Gasteiger charge is -2.29. The minimum atomic E-state index is 0.00853. The minimum absolute atomic E-state index is 0.00853. The monoisotopic (exact) mass is 430 g/mol. The molecule has 1 saturated carbocycles. The summed E-state index contributed by atoms with van der Waals surface area (Å²) in [5.41, 5.74) is 6.20. The van der Waals surface area contributed by atoms with Crippen molar-refractivity contribution in [2.75, 3.05) is 4.90 Å². The zero-order valence-corrected chi connectivity index (χ0v) is 19.1. The van der Waals surface area contributed by atoms with E-state index in [2.05, 4.69) is 77.2 Å². The molecule has 3 heterocycles. The highest BCUT2D eigenvalue weighted by Gasteiger charge is 2.42. The standard InChI is InChI=1S/C26H30N4S/c1-18-17-22(19(2)29(18)20-11-5-3-6-12-20)25-24(23-15-9-10-16-27-23)28-26(31)30(25)21-13-7-4-8-14-21/h4,7-10,13-17,20,24-25H,3,5-6,11-12H2,1-2H3,(H,28,31). The number of aryl methyl sites for hydroxylation is 1. The summed E-state index contributed by atoms with van der Waals surface area (Å²) in [6.07, 6.45) is 8.46. The average Bonchev–Trinajstić information content (AvgIpc) is 3.30. The third kappa shape index (κ3) is 3.65. The average molecular weight is 431 g/mol. The van der Waals surface area contributed by atoms with E-state index in [1.807, 2.05) is 12.3 Å². The van der Waals surface area contributed by atoms with Gasteiger partial charge in [-0.25, -0.2) is 0 Å². The van der Waals surface area contributed by atoms with Gasteiger partial charge < -0.3 is 14.8 Å². The molecule has 2 aromatic heterocycles. The number of pyridine rings is 1. The molecular formula is C26H30N4S. The van der Waals surface area contributed by atoms with Gasteiger partial charge in [0.05, 0.1) is 17.8 Å². The fraction of sp³-hybridized carbons (Fsp3) is 0.385. The van der Waals surface area contributed by atoms with Crippen LogP contribution in [0.1, 0.15) is 72.9 Å². The summed E-state index contributed by atoms with van der Waals surface area (Å²) < 4.78 is 2.59. The predicted octanol–water partition coefficient (Wildman–Crippen LogP) is 6.18. The van der Waals surface area contributed by atoms with Crippen molar-refractivity contribution in [3.8, 4) is 0 Å². The van der Waals surface area contributed by atoms with Crippen LogP contribution in [0.5, 0.6) is 0 Å². The molecule has 5 rings (SSSR count). The Labute approximate surface area is 190 Å². The number of thiocarbonyl (C=S) groups is 1. The number of benzene rings is 1. The molecule has 3 aromatic rings. The number of nitrogens with one attached hydrogen (secondary N) is 1. The van der Waals surface area contributed by atoms with Crippen molar-refractivity contribution in [3.05, 3.63) is 83.4 Å². The van der Waals surface area contributed by atoms with Gasteiger partial charge in [0.1, 0.15) is 0 Å². The largest absolute Gasteiger partial charge is 0.351 e. The van der Waals surface area contributed by atoms with Crippen LogP contribution in [0.3, 0.4) is 0 Å². The van der Waals surface area contributed by atoms with Crippen molar-refractivity contribution in [1.82, 2.24) is 14.9 Å². The highest BCUT2D eigenvalue weighted by molar-refractivity contribution is 7.80. The molecule has 160 valence electrons. The van der Waals surface area contributed by atoms with Gasteiger partial charge in [-0.2, -0.15) is 0 Å². The molecule has 2 aliphatic rings. The molecular weight excluding hydrogens is 400 g/mol. The summed E-state index contributed by atoms with van der Waals surface area (Å²) in [5, 5.41) is 4.35. The van der Waals surface area contributed by atoms with E-state index in [9.17, 15) is 0 Å². The van der Waals surface area contributed by atoms with Crippen LogP contribution >= 0.6 is 12.2 Å². The van der Waals surface area contributed by atoms with Crippen LogP contribution in [0, 0.1) is 13.8 Å². The first-order chi connectivity index (χ1) is 15.1. The lowest BCUT2D eigenvalue weighted by atomic mass is 9.94. The Kier molecular flexibility index (Phi) is 5.53. The van der Waals surface area contributed by atoms with Crippen molar-refractivity contribution in [1.29, 1.82) is 0 Å². The second-order valence-electron chi connectivity index (χ2n) is 8.82. The van der Waals surface area contributed by atoms with Crippen LogP contribution in [0.2, 0.25) is 0 Å². The summed E-state index contributed by atoms with van der Waals surface area (Å²) in [6, 6.07) is 19.7. The Morgan fingerprint density at radius 1 is 0.968 bits per heavy atom. The normalized spacial score (nSPS) is 22.0. The van der Waals surface area contributed by atoms with Gasteiger partial charge in [-0.1, -0.05) is 43.5 Å². The molecule has 2 unspecified atom stereocenters. The molecule has 31 heavy (non-hydrogen) atoms. The molecule has 1 N–H and O–H groups in total. The first kappa shape index (κ1) is 20.3. The van der Waals surface area contributed by atoms with E-state index in [0.717, 1.165) is 16.5 Å². The van der Waals surface area contributed by atoms with Gasteiger partial charge in [0.25, 0.3) is 0 Å². The van der Waals surface area contributed by atoms with Crippen LogP contribution in [-0.2, 0) is 0 Å². The van der Waals surface area contributed by atoms with Crippen molar-refractivity contribution < 1.29 is 0 Å². The molecule has 2 atom stereocenters. The quantitative estimate of drug-likeness (QED) is 0.501. The Bertz CT molecular complexity index is 1050. The third-order valence-corrected chi connectivity index (χ3v) is 7.23. The van der Waals surface area contributed by atoms with Crippen molar-refractivity contribution in [2.24, 2.45) is 0 Å². The maximum atomic E-state index is 5.86. The zero-order valence-electron chi connectivity index (χ0n) is 18.3. The molecule has 0 spiro atoms. The fourth-order valence-corrected chi connectivity index (χ4v) is 5.89. The van der Waals surface area contributed by atoms with Crippen LogP contribution in [0.4, 0.5) is 5.69 Å². The minimum Gasteiger partial charge on any atom is -0.351 e. The molecule has 1 aliphatic heterocycles. The Balaban J connectivity index is 1.63. The molecule has 0 bridgehead atoms. The number of hydrogen-bond donors (Lipinski definition) is 1. The van der Waals surface area contributed by atoms with Gasteiger partial charge in [0.2, 0.25) is 0 Å². The van der Waals surface area contributed by atoms with E-state index in [-0.39, 0.29) is 12.1 Å². The number of rotatable bonds is 4. The summed E-state index contributed by atoms with van der Waals surface area (Å²) in [4.78, 5) is 6.97. The smallest absolute Gasteiger partial charge is 0.174 e. The molecule has 1 saturated heterocycles. The van der Waals surface area contributed by atoms with Gasteiger partial charge in [-0.15, -0.1) is 0 Å². The highest BCUT2D eigenvalue weighted by atomic mass is 32.1. The number of hydrogen-bond acceptors (Lipinski definition) is 2. The summed E-state index contributed by atoms with van der Waals surface area (Å²) in [7, 11) is 0. The van der Waals surface area contributed by atoms with Gasteiger partial charge in [0, 0.05) is 29.3 Å². The molecule has 1 aromatic carbocycles. The summed E-state index contributed by atoms with van der Waals surface area (Å²) in [5.74, 6) is 0. The number of nitrogens with zero attached hydrogens (tertiary/aromatic N) is 3. The van der Waals surface area contributed by atoms with E-state index < -0.39 is 0 Å². The van der Waals surface area contributed by atoms with Gasteiger partial charge in [-0.05, 0) is 74.8 Å². The highest BCUT2D eigenvalue weighted by Crippen LogP contribution is 2.44. The van der Waals surface area contributed by atoms with Crippen LogP contribution in [-0.4, -0.2) is 14.7 Å². The molecule has 5 heteroatoms. The third-order valence-electron chi connectivity index (χ3n) is 6.91. The SMILES string of the molecule is Cc1cc(C2C(c3ccccn3)NC(=S)N2c2ccccc2)c(C)n1C1CCCCC1. The van der Waals surface area contributed by atoms with Gasteiger partial charge >= 0.3 is 0 Å². The number of para-hydroxylation sites is 1. The Morgan fingerprint density at radius 2 is 1.71 bits per heavy atom. The second kappa shape index (κ2) is 8.46. The van der Waals surface area contributed by atoms with Gasteiger partial charge in [0.15, 0.2) is 5.11 Å². The van der Waals surface area contributed by atoms with Crippen LogP contribution < -0.4 is 10.2 Å². The maximum Gasteiger partial charge on any atom is 0.174 e. The molecule has 0 amide bonds. The number of aromatic nitrogens is 2. The Morgan fingerprint density at radius 3 is 2.42 bits per heavy atom. The van der Waals surface area contributed by atoms with E-state index in [1.54, 1.807) is 0 Å². The van der Waals surface area contributed by atoms with Crippen LogP contribution in [0.25, 0.3) is 0 Å². The molecule has 1 aliphatic carbocycles. The lowest BCUT2D eigenvalue weighted by molar-refractivity contribution is 0.345. The first-order valence-electron chi connectivity index (χ1n) is 11.4. The Hall–Kier alpha value is -2.66. The van der Waals surface area contributed by atoms with Crippen molar-refractivity contribution in [2.45, 2.75) is 64.1 Å². The van der Waals surface area contributed by atoms with Crippen molar-refractivity contribution in [3.63, 3.8) is 0 Å². The fourth-order valence-electron chi connectivity index (χ4n) is 5.54. The van der Waals surface area contributed by atoms with Gasteiger partial charge in [-0.3, -0.25) is 4.98 Å². The molecule has 2 fully saturated rings. The maximum absolute atomic E-state index is 5.86.